The van der Waals surface area contributed by atoms with Crippen LogP contribution < -0.4 is 5.32 Å². The Balaban J connectivity index is 1.62. The molecule has 3 atom stereocenters. The molecule has 1 saturated carbocycles. The van der Waals surface area contributed by atoms with E-state index in [9.17, 15) is 10.2 Å². The highest BCUT2D eigenvalue weighted by Crippen LogP contribution is 2.45. The average molecular weight is 344 g/mol. The Kier molecular flexibility index (Phi) is 4.33. The molecule has 1 saturated heterocycles. The van der Waals surface area contributed by atoms with Crippen LogP contribution in [0.25, 0.3) is 0 Å². The molecule has 0 aromatic heterocycles. The SMILES string of the molecule is CN1CC[C@@]2(C)c3cc(O)ccc3C[C@@H]1[C@@H]2NCC1(O)CCCCC1. The standard InChI is InChI=1S/C21H32N2O2/c1-20-10-11-23(2)18(12-15-6-7-16(24)13-17(15)20)19(20)22-14-21(25)8-4-3-5-9-21/h6-7,13,18-19,22,24-25H,3-5,8-12,14H2,1-2H3/t18-,19+,20+/m1/s1. The van der Waals surface area contributed by atoms with E-state index < -0.39 is 5.60 Å². The van der Waals surface area contributed by atoms with Crippen molar-refractivity contribution in [2.75, 3.05) is 20.1 Å². The normalized spacial score (nSPS) is 34.5. The number of fused-ring (bicyclic) bond motifs is 4. The van der Waals surface area contributed by atoms with Gasteiger partial charge in [0.25, 0.3) is 0 Å². The average Bonchev–Trinajstić information content (AvgIpc) is 2.59. The maximum absolute atomic E-state index is 10.9. The van der Waals surface area contributed by atoms with Crippen molar-refractivity contribution in [1.82, 2.24) is 10.2 Å². The van der Waals surface area contributed by atoms with Gasteiger partial charge in [0.15, 0.2) is 0 Å². The molecular formula is C21H32N2O2. The van der Waals surface area contributed by atoms with Crippen molar-refractivity contribution >= 4 is 0 Å². The Bertz CT molecular complexity index is 641. The van der Waals surface area contributed by atoms with Crippen LogP contribution in [0.15, 0.2) is 18.2 Å². The summed E-state index contributed by atoms with van der Waals surface area (Å²) in [6.45, 7) is 4.11. The molecule has 4 rings (SSSR count). The summed E-state index contributed by atoms with van der Waals surface area (Å²) in [6, 6.07) is 6.64. The predicted octanol–water partition coefficient (Wildman–Crippen LogP) is 2.56. The number of likely N-dealkylation sites (N-methyl/N-ethyl adjacent to an activating group) is 1. The van der Waals surface area contributed by atoms with Crippen LogP contribution >= 0.6 is 0 Å². The summed E-state index contributed by atoms with van der Waals surface area (Å²) in [4.78, 5) is 2.47. The van der Waals surface area contributed by atoms with Crippen LogP contribution in [0.3, 0.4) is 0 Å². The topological polar surface area (TPSA) is 55.7 Å². The highest BCUT2D eigenvalue weighted by molar-refractivity contribution is 5.45. The molecular weight excluding hydrogens is 312 g/mol. The van der Waals surface area contributed by atoms with E-state index in [4.69, 9.17) is 0 Å². The van der Waals surface area contributed by atoms with Gasteiger partial charge >= 0.3 is 0 Å². The lowest BCUT2D eigenvalue weighted by atomic mass is 9.61. The monoisotopic (exact) mass is 344 g/mol. The van der Waals surface area contributed by atoms with Crippen LogP contribution in [0.5, 0.6) is 5.75 Å². The van der Waals surface area contributed by atoms with E-state index in [0.29, 0.717) is 24.4 Å². The van der Waals surface area contributed by atoms with Gasteiger partial charge in [-0.25, -0.2) is 0 Å². The molecule has 1 aromatic carbocycles. The van der Waals surface area contributed by atoms with Crippen LogP contribution in [0.4, 0.5) is 0 Å². The molecule has 2 bridgehead atoms. The minimum absolute atomic E-state index is 0.00846. The molecule has 4 nitrogen and oxygen atoms in total. The quantitative estimate of drug-likeness (QED) is 0.789. The molecule has 138 valence electrons. The third-order valence-corrected chi connectivity index (χ3v) is 7.19. The lowest BCUT2D eigenvalue weighted by Gasteiger charge is -2.55. The van der Waals surface area contributed by atoms with Gasteiger partial charge in [0.05, 0.1) is 5.60 Å². The van der Waals surface area contributed by atoms with Gasteiger partial charge in [-0.3, -0.25) is 0 Å². The van der Waals surface area contributed by atoms with Gasteiger partial charge in [0.2, 0.25) is 0 Å². The van der Waals surface area contributed by atoms with Crippen molar-refractivity contribution in [3.63, 3.8) is 0 Å². The molecule has 0 unspecified atom stereocenters. The number of hydrogen-bond acceptors (Lipinski definition) is 4. The van der Waals surface area contributed by atoms with Gasteiger partial charge in [-0.1, -0.05) is 32.3 Å². The highest BCUT2D eigenvalue weighted by atomic mass is 16.3. The van der Waals surface area contributed by atoms with Crippen LogP contribution in [0.2, 0.25) is 0 Å². The largest absolute Gasteiger partial charge is 0.508 e. The molecule has 3 aliphatic rings. The van der Waals surface area contributed by atoms with Gasteiger partial charge in [0.1, 0.15) is 5.75 Å². The summed E-state index contributed by atoms with van der Waals surface area (Å²) in [6.07, 6.45) is 7.45. The third kappa shape index (κ3) is 2.98. The molecule has 1 heterocycles. The fraction of sp³-hybridized carbons (Fsp3) is 0.714. The second-order valence-corrected chi connectivity index (χ2v) is 8.90. The number of phenolic OH excluding ortho intramolecular Hbond substituents is 1. The molecule has 3 N–H and O–H groups in total. The summed E-state index contributed by atoms with van der Waals surface area (Å²) in [7, 11) is 2.22. The van der Waals surface area contributed by atoms with Gasteiger partial charge in [-0.05, 0) is 62.5 Å². The van der Waals surface area contributed by atoms with Crippen LogP contribution in [0.1, 0.15) is 56.6 Å². The van der Waals surface area contributed by atoms with Crippen LogP contribution in [-0.4, -0.2) is 52.9 Å². The number of rotatable bonds is 3. The maximum Gasteiger partial charge on any atom is 0.115 e. The Morgan fingerprint density at radius 1 is 1.20 bits per heavy atom. The van der Waals surface area contributed by atoms with E-state index in [-0.39, 0.29) is 5.41 Å². The molecule has 0 amide bonds. The van der Waals surface area contributed by atoms with E-state index in [1.165, 1.54) is 17.5 Å². The summed E-state index contributed by atoms with van der Waals surface area (Å²) in [5.41, 5.74) is 2.13. The van der Waals surface area contributed by atoms with Crippen LogP contribution in [-0.2, 0) is 11.8 Å². The second kappa shape index (κ2) is 6.26. The van der Waals surface area contributed by atoms with E-state index in [0.717, 1.165) is 45.1 Å². The Hall–Kier alpha value is -1.10. The van der Waals surface area contributed by atoms with Gasteiger partial charge in [-0.2, -0.15) is 0 Å². The van der Waals surface area contributed by atoms with Crippen molar-refractivity contribution < 1.29 is 10.2 Å². The van der Waals surface area contributed by atoms with E-state index in [1.807, 2.05) is 12.1 Å². The van der Waals surface area contributed by atoms with Crippen molar-refractivity contribution in [3.05, 3.63) is 29.3 Å². The number of benzene rings is 1. The third-order valence-electron chi connectivity index (χ3n) is 7.19. The number of aliphatic hydroxyl groups is 1. The van der Waals surface area contributed by atoms with Crippen molar-refractivity contribution in [1.29, 1.82) is 0 Å². The number of nitrogens with zero attached hydrogens (tertiary/aromatic N) is 1. The Morgan fingerprint density at radius 3 is 2.72 bits per heavy atom. The molecule has 2 fully saturated rings. The molecule has 25 heavy (non-hydrogen) atoms. The fourth-order valence-corrected chi connectivity index (χ4v) is 5.53. The fourth-order valence-electron chi connectivity index (χ4n) is 5.53. The zero-order valence-corrected chi connectivity index (χ0v) is 15.6. The first-order chi connectivity index (χ1) is 11.9. The van der Waals surface area contributed by atoms with Crippen molar-refractivity contribution in [2.24, 2.45) is 0 Å². The second-order valence-electron chi connectivity index (χ2n) is 8.90. The van der Waals surface area contributed by atoms with Crippen molar-refractivity contribution in [2.45, 2.75) is 75.0 Å². The zero-order chi connectivity index (χ0) is 17.7. The minimum Gasteiger partial charge on any atom is -0.508 e. The summed E-state index contributed by atoms with van der Waals surface area (Å²) in [5, 5.41) is 24.8. The molecule has 2 aliphatic carbocycles. The summed E-state index contributed by atoms with van der Waals surface area (Å²) in [5.74, 6) is 0.363. The number of aromatic hydroxyl groups is 1. The first kappa shape index (κ1) is 17.3. The summed E-state index contributed by atoms with van der Waals surface area (Å²) >= 11 is 0. The predicted molar refractivity (Wildman–Crippen MR) is 100 cm³/mol. The molecule has 0 radical (unpaired) electrons. The maximum atomic E-state index is 10.9. The number of nitrogens with one attached hydrogen (secondary N) is 1. The summed E-state index contributed by atoms with van der Waals surface area (Å²) < 4.78 is 0. The molecule has 4 heteroatoms. The number of phenols is 1. The Morgan fingerprint density at radius 2 is 1.96 bits per heavy atom. The smallest absolute Gasteiger partial charge is 0.115 e. The van der Waals surface area contributed by atoms with E-state index in [1.54, 1.807) is 0 Å². The van der Waals surface area contributed by atoms with Gasteiger partial charge < -0.3 is 20.4 Å². The van der Waals surface area contributed by atoms with Crippen molar-refractivity contribution in [3.8, 4) is 5.75 Å². The molecule has 1 aliphatic heterocycles. The van der Waals surface area contributed by atoms with E-state index >= 15 is 0 Å². The minimum atomic E-state index is -0.541. The number of hydrogen-bond donors (Lipinski definition) is 3. The molecule has 0 spiro atoms. The number of piperidine rings is 1. The Labute approximate surface area is 151 Å². The molecule has 1 aromatic rings. The lowest BCUT2D eigenvalue weighted by Crippen LogP contribution is -2.67. The van der Waals surface area contributed by atoms with Gasteiger partial charge in [-0.15, -0.1) is 0 Å². The number of likely N-dealkylation sites (tertiary alicyclic amines) is 1. The van der Waals surface area contributed by atoms with E-state index in [2.05, 4.69) is 30.3 Å². The zero-order valence-electron chi connectivity index (χ0n) is 15.6. The first-order valence-electron chi connectivity index (χ1n) is 9.90. The highest BCUT2D eigenvalue weighted by Gasteiger charge is 2.50. The van der Waals surface area contributed by atoms with Gasteiger partial charge in [0, 0.05) is 24.0 Å². The lowest BCUT2D eigenvalue weighted by molar-refractivity contribution is -0.0114. The first-order valence-corrected chi connectivity index (χ1v) is 9.90. The van der Waals surface area contributed by atoms with Crippen LogP contribution in [0, 0.1) is 0 Å².